The lowest BCUT2D eigenvalue weighted by molar-refractivity contribution is -0.274. The summed E-state index contributed by atoms with van der Waals surface area (Å²) in [4.78, 5) is 18.9. The molecule has 1 aromatic carbocycles. The zero-order valence-electron chi connectivity index (χ0n) is 25.9. The zero-order valence-corrected chi connectivity index (χ0v) is 27.5. The molecule has 16 heteroatoms. The van der Waals surface area contributed by atoms with Crippen LogP contribution in [0.25, 0.3) is 20.8 Å². The first-order chi connectivity index (χ1) is 22.1. The van der Waals surface area contributed by atoms with Crippen LogP contribution in [0.5, 0.6) is 5.75 Å². The van der Waals surface area contributed by atoms with E-state index in [2.05, 4.69) is 25.3 Å². The number of sulfone groups is 1. The number of nitrogens with one attached hydrogen (secondary N) is 2. The number of hydrogen-bond acceptors (Lipinski definition) is 12. The number of rotatable bonds is 11. The minimum Gasteiger partial charge on any atom is -0.406 e. The third-order valence-corrected chi connectivity index (χ3v) is 11.5. The van der Waals surface area contributed by atoms with Crippen LogP contribution in [0.3, 0.4) is 0 Å². The molecule has 0 spiro atoms. The van der Waals surface area contributed by atoms with E-state index in [4.69, 9.17) is 9.97 Å². The second-order valence-electron chi connectivity index (χ2n) is 12.2. The molecule has 2 aliphatic carbocycles. The molecule has 6 rings (SSSR count). The molecule has 0 amide bonds. The Labute approximate surface area is 273 Å². The van der Waals surface area contributed by atoms with Crippen LogP contribution in [0.2, 0.25) is 0 Å². The van der Waals surface area contributed by atoms with Crippen molar-refractivity contribution in [3.63, 3.8) is 0 Å². The number of anilines is 2. The summed E-state index contributed by atoms with van der Waals surface area (Å²) in [5.41, 5.74) is 1.48. The Morgan fingerprint density at radius 3 is 2.51 bits per heavy atom. The fourth-order valence-corrected chi connectivity index (χ4v) is 8.22. The molecule has 0 radical (unpaired) electrons. The molecule has 4 N–H and O–H groups in total. The number of nitrogens with zero attached hydrogens (tertiary/aromatic N) is 4. The molecular formula is C31H35F3N6O5S2. The van der Waals surface area contributed by atoms with Crippen LogP contribution in [-0.2, 0) is 9.84 Å². The molecule has 47 heavy (non-hydrogen) atoms. The van der Waals surface area contributed by atoms with Crippen LogP contribution in [-0.4, -0.2) is 68.3 Å². The summed E-state index contributed by atoms with van der Waals surface area (Å²) in [7, 11) is -3.41. The van der Waals surface area contributed by atoms with Gasteiger partial charge in [0.2, 0.25) is 5.95 Å². The van der Waals surface area contributed by atoms with Crippen molar-refractivity contribution >= 4 is 43.2 Å². The maximum Gasteiger partial charge on any atom is 0.573 e. The lowest BCUT2D eigenvalue weighted by Gasteiger charge is -2.31. The topological polar surface area (TPSA) is 159 Å². The number of aliphatic hydroxyl groups excluding tert-OH is 1. The molecular weight excluding hydrogens is 658 g/mol. The molecule has 4 unspecified atom stereocenters. The molecule has 3 aromatic heterocycles. The van der Waals surface area contributed by atoms with Gasteiger partial charge in [-0.1, -0.05) is 19.1 Å². The lowest BCUT2D eigenvalue weighted by atomic mass is 10.0. The van der Waals surface area contributed by atoms with Crippen molar-refractivity contribution in [3.05, 3.63) is 53.5 Å². The third kappa shape index (κ3) is 7.29. The number of halogens is 3. The van der Waals surface area contributed by atoms with Crippen LogP contribution in [0, 0.1) is 12.8 Å². The van der Waals surface area contributed by atoms with Gasteiger partial charge in [-0.3, -0.25) is 4.98 Å². The van der Waals surface area contributed by atoms with Gasteiger partial charge in [-0.05, 0) is 63.3 Å². The maximum absolute atomic E-state index is 12.6. The summed E-state index contributed by atoms with van der Waals surface area (Å²) in [5, 5.41) is 29.7. The van der Waals surface area contributed by atoms with Gasteiger partial charge >= 0.3 is 6.36 Å². The number of ether oxygens (including phenoxy) is 1. The molecule has 2 fully saturated rings. The summed E-state index contributed by atoms with van der Waals surface area (Å²) >= 11 is 1.42. The summed E-state index contributed by atoms with van der Waals surface area (Å²) in [5.74, 6) is -0.660. The molecule has 2 saturated carbocycles. The number of aryl methyl sites for hydroxylation is 1. The van der Waals surface area contributed by atoms with E-state index in [9.17, 15) is 31.8 Å². The summed E-state index contributed by atoms with van der Waals surface area (Å²) in [6.07, 6.45) is -2.00. The van der Waals surface area contributed by atoms with E-state index >= 15 is 0 Å². The highest BCUT2D eigenvalue weighted by molar-refractivity contribution is 7.91. The summed E-state index contributed by atoms with van der Waals surface area (Å²) in [6, 6.07) is 6.86. The number of fused-ring (bicyclic) bond motifs is 1. The Bertz CT molecular complexity index is 1890. The third-order valence-electron chi connectivity index (χ3n) is 8.64. The van der Waals surface area contributed by atoms with E-state index in [0.29, 0.717) is 27.7 Å². The number of pyridine rings is 1. The second kappa shape index (κ2) is 12.5. The smallest absolute Gasteiger partial charge is 0.406 e. The Morgan fingerprint density at radius 1 is 1.13 bits per heavy atom. The molecule has 2 aliphatic rings. The van der Waals surface area contributed by atoms with Gasteiger partial charge in [-0.2, -0.15) is 4.98 Å². The van der Waals surface area contributed by atoms with Gasteiger partial charge in [0.05, 0.1) is 33.4 Å². The fourth-order valence-electron chi connectivity index (χ4n) is 5.92. The van der Waals surface area contributed by atoms with E-state index in [1.54, 1.807) is 27.0 Å². The van der Waals surface area contributed by atoms with E-state index in [1.165, 1.54) is 35.6 Å². The monoisotopic (exact) mass is 692 g/mol. The Hall–Kier alpha value is -3.60. The normalized spacial score (nSPS) is 22.4. The van der Waals surface area contributed by atoms with Crippen molar-refractivity contribution in [1.29, 1.82) is 0 Å². The van der Waals surface area contributed by atoms with Crippen LogP contribution in [0.15, 0.2) is 36.5 Å². The Balaban J connectivity index is 1.35. The van der Waals surface area contributed by atoms with E-state index in [0.717, 1.165) is 28.8 Å². The van der Waals surface area contributed by atoms with Crippen LogP contribution < -0.4 is 15.4 Å². The molecule has 252 valence electrons. The molecule has 0 saturated heterocycles. The minimum atomic E-state index is -4.80. The Kier molecular flexibility index (Phi) is 8.82. The first-order valence-electron chi connectivity index (χ1n) is 15.3. The highest BCUT2D eigenvalue weighted by Crippen LogP contribution is 2.45. The van der Waals surface area contributed by atoms with Crippen molar-refractivity contribution in [2.75, 3.05) is 22.1 Å². The van der Waals surface area contributed by atoms with Crippen LogP contribution in [0.4, 0.5) is 24.9 Å². The van der Waals surface area contributed by atoms with Crippen molar-refractivity contribution < 1.29 is 36.5 Å². The first kappa shape index (κ1) is 33.3. The predicted molar refractivity (Wildman–Crippen MR) is 172 cm³/mol. The summed E-state index contributed by atoms with van der Waals surface area (Å²) < 4.78 is 67.5. The van der Waals surface area contributed by atoms with Crippen molar-refractivity contribution in [3.8, 4) is 16.3 Å². The average molecular weight is 693 g/mol. The van der Waals surface area contributed by atoms with Gasteiger partial charge in [0.1, 0.15) is 38.0 Å². The van der Waals surface area contributed by atoms with Crippen molar-refractivity contribution in [2.24, 2.45) is 5.92 Å². The first-order valence-corrected chi connectivity index (χ1v) is 17.9. The number of thiazole rings is 1. The predicted octanol–water partition coefficient (Wildman–Crippen LogP) is 5.71. The highest BCUT2D eigenvalue weighted by atomic mass is 32.2. The van der Waals surface area contributed by atoms with Crippen LogP contribution >= 0.6 is 11.3 Å². The number of benzene rings is 1. The van der Waals surface area contributed by atoms with E-state index in [1.807, 2.05) is 6.07 Å². The molecule has 3 heterocycles. The number of alkyl halides is 3. The quantitative estimate of drug-likeness (QED) is 0.143. The van der Waals surface area contributed by atoms with Crippen LogP contribution in [0.1, 0.15) is 68.4 Å². The van der Waals surface area contributed by atoms with E-state index < -0.39 is 40.0 Å². The molecule has 11 nitrogen and oxygen atoms in total. The number of hydrogen-bond donors (Lipinski definition) is 4. The zero-order chi connectivity index (χ0) is 33.7. The van der Waals surface area contributed by atoms with Gasteiger partial charge in [-0.15, -0.1) is 24.5 Å². The molecule has 0 bridgehead atoms. The highest BCUT2D eigenvalue weighted by Gasteiger charge is 2.48. The molecule has 4 aromatic rings. The summed E-state index contributed by atoms with van der Waals surface area (Å²) in [6.45, 7) is 5.09. The standard InChI is InChI=1S/C31H35F3N6O5S2/c1-4-47(43,44)15-20-11-13-30(42,26(20)41)40-27-23(28-38-25-22(46-28)12-14-35-24(25)19-5-6-19)17(3)37-29(39-27)36-16(2)18-7-9-21(10-8-18)45-31(32,33)34/h7-10,12,14,16,19-20,26,41-42H,4-6,11,13,15H2,1-3H3,(H2,36,37,39,40). The fraction of sp³-hybridized carbons (Fsp3) is 0.484. The average Bonchev–Trinajstić information content (AvgIpc) is 3.70. The van der Waals surface area contributed by atoms with Gasteiger partial charge in [0.25, 0.3) is 0 Å². The Morgan fingerprint density at radius 2 is 1.85 bits per heavy atom. The molecule has 0 aliphatic heterocycles. The number of aromatic nitrogens is 4. The van der Waals surface area contributed by atoms with Crippen molar-refractivity contribution in [1.82, 2.24) is 19.9 Å². The lowest BCUT2D eigenvalue weighted by Crippen LogP contribution is -2.48. The van der Waals surface area contributed by atoms with Gasteiger partial charge in [-0.25, -0.2) is 18.4 Å². The van der Waals surface area contributed by atoms with Gasteiger partial charge in [0, 0.05) is 23.8 Å². The van der Waals surface area contributed by atoms with Gasteiger partial charge < -0.3 is 25.6 Å². The minimum absolute atomic E-state index is 0.0711. The van der Waals surface area contributed by atoms with Crippen molar-refractivity contribution in [2.45, 2.75) is 76.6 Å². The maximum atomic E-state index is 12.6. The van der Waals surface area contributed by atoms with E-state index in [-0.39, 0.29) is 41.9 Å². The second-order valence-corrected chi connectivity index (χ2v) is 15.6. The largest absolute Gasteiger partial charge is 0.573 e. The number of aliphatic hydroxyl groups is 2. The SMILES string of the molecule is CCS(=O)(=O)CC1CCC(O)(Nc2nc(NC(C)c3ccc(OC(F)(F)F)cc3)nc(C)c2-c2nc3c(C4CC4)nccc3s2)C1O. The van der Waals surface area contributed by atoms with Gasteiger partial charge in [0.15, 0.2) is 5.72 Å². The molecule has 4 atom stereocenters.